The Morgan fingerprint density at radius 1 is 0.952 bits per heavy atom. The third kappa shape index (κ3) is 3.74. The summed E-state index contributed by atoms with van der Waals surface area (Å²) in [4.78, 5) is 39.2. The zero-order valence-electron chi connectivity index (χ0n) is 12.7. The second kappa shape index (κ2) is 6.91. The van der Waals surface area contributed by atoms with E-state index < -0.39 is 11.8 Å². The molecule has 2 N–H and O–H groups in total. The Labute approximate surface area is 125 Å². The number of carbonyl (C=O) groups is 3. The number of hydrogen-bond acceptors (Lipinski definition) is 3. The first-order valence-corrected chi connectivity index (χ1v) is 7.87. The smallest absolute Gasteiger partial charge is 0.234 e. The quantitative estimate of drug-likeness (QED) is 0.763. The number of rotatable bonds is 3. The molecule has 1 atom stereocenters. The minimum absolute atomic E-state index is 0.0241. The first-order chi connectivity index (χ1) is 10.0. The van der Waals surface area contributed by atoms with Gasteiger partial charge in [0, 0.05) is 32.1 Å². The molecule has 2 fully saturated rings. The number of amides is 3. The fraction of sp³-hybridized carbons (Fsp3) is 0.800. The van der Waals surface area contributed by atoms with Crippen LogP contribution in [0.4, 0.5) is 0 Å². The zero-order chi connectivity index (χ0) is 15.4. The van der Waals surface area contributed by atoms with Crippen LogP contribution in [0, 0.1) is 11.8 Å². The Morgan fingerprint density at radius 2 is 1.52 bits per heavy atom. The van der Waals surface area contributed by atoms with Crippen LogP contribution in [0.1, 0.15) is 39.0 Å². The number of primary amides is 1. The van der Waals surface area contributed by atoms with Gasteiger partial charge in [0.05, 0.1) is 0 Å². The molecule has 21 heavy (non-hydrogen) atoms. The van der Waals surface area contributed by atoms with Crippen LogP contribution in [-0.2, 0) is 14.4 Å². The summed E-state index contributed by atoms with van der Waals surface area (Å²) in [5, 5.41) is 0. The van der Waals surface area contributed by atoms with Crippen LogP contribution in [0.3, 0.4) is 0 Å². The highest BCUT2D eigenvalue weighted by Gasteiger charge is 2.32. The molecule has 0 saturated carbocycles. The van der Waals surface area contributed by atoms with Gasteiger partial charge >= 0.3 is 0 Å². The molecule has 6 heteroatoms. The van der Waals surface area contributed by atoms with Crippen molar-refractivity contribution < 1.29 is 14.4 Å². The van der Waals surface area contributed by atoms with Gasteiger partial charge in [-0.3, -0.25) is 14.4 Å². The molecule has 0 spiro atoms. The molecule has 0 aliphatic carbocycles. The summed E-state index contributed by atoms with van der Waals surface area (Å²) in [5.41, 5.74) is 5.17. The summed E-state index contributed by atoms with van der Waals surface area (Å²) in [7, 11) is 0. The van der Waals surface area contributed by atoms with Crippen LogP contribution in [0.25, 0.3) is 0 Å². The number of piperidine rings is 2. The van der Waals surface area contributed by atoms with E-state index in [0.717, 1.165) is 25.9 Å². The first kappa shape index (κ1) is 15.8. The Balaban J connectivity index is 1.83. The zero-order valence-corrected chi connectivity index (χ0v) is 12.7. The molecule has 2 saturated heterocycles. The summed E-state index contributed by atoms with van der Waals surface area (Å²) in [6.45, 7) is 4.37. The van der Waals surface area contributed by atoms with Crippen molar-refractivity contribution in [2.75, 3.05) is 26.2 Å². The Kier molecular flexibility index (Phi) is 5.20. The lowest BCUT2D eigenvalue weighted by Gasteiger charge is -2.36. The number of nitrogens with zero attached hydrogens (tertiary/aromatic N) is 2. The van der Waals surface area contributed by atoms with E-state index in [1.807, 2.05) is 4.90 Å². The lowest BCUT2D eigenvalue weighted by atomic mass is 9.93. The van der Waals surface area contributed by atoms with Crippen molar-refractivity contribution in [2.24, 2.45) is 17.6 Å². The lowest BCUT2D eigenvalue weighted by molar-refractivity contribution is -0.145. The monoisotopic (exact) mass is 295 g/mol. The molecule has 118 valence electrons. The molecule has 6 nitrogen and oxygen atoms in total. The average molecular weight is 295 g/mol. The van der Waals surface area contributed by atoms with E-state index in [2.05, 4.69) is 0 Å². The molecule has 2 heterocycles. The molecular formula is C15H25N3O3. The van der Waals surface area contributed by atoms with E-state index in [-0.39, 0.29) is 17.7 Å². The predicted molar refractivity (Wildman–Crippen MR) is 78.1 cm³/mol. The van der Waals surface area contributed by atoms with Crippen LogP contribution in [0.15, 0.2) is 0 Å². The second-order valence-corrected chi connectivity index (χ2v) is 6.11. The number of likely N-dealkylation sites (tertiary alicyclic amines) is 2. The van der Waals surface area contributed by atoms with Gasteiger partial charge in [-0.1, -0.05) is 0 Å². The van der Waals surface area contributed by atoms with Gasteiger partial charge in [0.1, 0.15) is 5.92 Å². The molecule has 0 radical (unpaired) electrons. The second-order valence-electron chi connectivity index (χ2n) is 6.11. The van der Waals surface area contributed by atoms with E-state index in [9.17, 15) is 14.4 Å². The van der Waals surface area contributed by atoms with Crippen LogP contribution >= 0.6 is 0 Å². The third-order valence-corrected chi connectivity index (χ3v) is 4.62. The van der Waals surface area contributed by atoms with Gasteiger partial charge in [0.25, 0.3) is 0 Å². The van der Waals surface area contributed by atoms with Crippen molar-refractivity contribution in [3.05, 3.63) is 0 Å². The highest BCUT2D eigenvalue weighted by atomic mass is 16.2. The van der Waals surface area contributed by atoms with Gasteiger partial charge in [-0.25, -0.2) is 0 Å². The van der Waals surface area contributed by atoms with Crippen molar-refractivity contribution in [3.8, 4) is 0 Å². The van der Waals surface area contributed by atoms with Gasteiger partial charge in [-0.05, 0) is 39.0 Å². The maximum absolute atomic E-state index is 12.4. The lowest BCUT2D eigenvalue weighted by Crippen LogP contribution is -2.48. The topological polar surface area (TPSA) is 83.7 Å². The van der Waals surface area contributed by atoms with E-state index in [4.69, 9.17) is 5.73 Å². The van der Waals surface area contributed by atoms with Gasteiger partial charge in [-0.15, -0.1) is 0 Å². The Morgan fingerprint density at radius 3 is 2.05 bits per heavy atom. The van der Waals surface area contributed by atoms with Crippen molar-refractivity contribution >= 4 is 17.7 Å². The van der Waals surface area contributed by atoms with Crippen molar-refractivity contribution in [2.45, 2.75) is 39.0 Å². The van der Waals surface area contributed by atoms with E-state index >= 15 is 0 Å². The molecule has 0 aromatic rings. The minimum atomic E-state index is -0.778. The van der Waals surface area contributed by atoms with Gasteiger partial charge < -0.3 is 15.5 Å². The van der Waals surface area contributed by atoms with E-state index in [1.165, 1.54) is 13.3 Å². The summed E-state index contributed by atoms with van der Waals surface area (Å²) >= 11 is 0. The number of nitrogens with two attached hydrogens (primary N) is 1. The minimum Gasteiger partial charge on any atom is -0.369 e. The molecule has 2 aliphatic rings. The van der Waals surface area contributed by atoms with Crippen molar-refractivity contribution in [1.82, 2.24) is 9.80 Å². The highest BCUT2D eigenvalue weighted by molar-refractivity contribution is 5.99. The predicted octanol–water partition coefficient (Wildman–Crippen LogP) is 0.359. The highest BCUT2D eigenvalue weighted by Crippen LogP contribution is 2.22. The molecule has 3 amide bonds. The van der Waals surface area contributed by atoms with E-state index in [1.54, 1.807) is 4.90 Å². The SMILES string of the molecule is CC(C(N)=O)C(=O)N1CCC(C(=O)N2CCCCC2)CC1. The Bertz CT molecular complexity index is 410. The van der Waals surface area contributed by atoms with Crippen molar-refractivity contribution in [3.63, 3.8) is 0 Å². The fourth-order valence-electron chi connectivity index (χ4n) is 3.11. The van der Waals surface area contributed by atoms with Gasteiger partial charge in [-0.2, -0.15) is 0 Å². The molecule has 2 aliphatic heterocycles. The normalized spacial score (nSPS) is 22.0. The molecular weight excluding hydrogens is 270 g/mol. The van der Waals surface area contributed by atoms with Crippen LogP contribution in [0.5, 0.6) is 0 Å². The van der Waals surface area contributed by atoms with Crippen LogP contribution in [-0.4, -0.2) is 53.7 Å². The summed E-state index contributed by atoms with van der Waals surface area (Å²) < 4.78 is 0. The number of hydrogen-bond donors (Lipinski definition) is 1. The van der Waals surface area contributed by atoms with E-state index in [0.29, 0.717) is 25.9 Å². The molecule has 2 rings (SSSR count). The van der Waals surface area contributed by atoms with Gasteiger partial charge in [0.2, 0.25) is 17.7 Å². The Hall–Kier alpha value is -1.59. The van der Waals surface area contributed by atoms with Crippen molar-refractivity contribution in [1.29, 1.82) is 0 Å². The van der Waals surface area contributed by atoms with Crippen LogP contribution in [0.2, 0.25) is 0 Å². The summed E-state index contributed by atoms with van der Waals surface area (Å²) in [6.07, 6.45) is 4.78. The number of carbonyl (C=O) groups excluding carboxylic acids is 3. The average Bonchev–Trinajstić information content (AvgIpc) is 2.53. The standard InChI is InChI=1S/C15H25N3O3/c1-11(13(16)19)14(20)18-9-5-12(6-10-18)15(21)17-7-3-2-4-8-17/h11-12H,2-10H2,1H3,(H2,16,19). The van der Waals surface area contributed by atoms with Crippen LogP contribution < -0.4 is 5.73 Å². The fourth-order valence-corrected chi connectivity index (χ4v) is 3.11. The first-order valence-electron chi connectivity index (χ1n) is 7.87. The third-order valence-electron chi connectivity index (χ3n) is 4.62. The summed E-state index contributed by atoms with van der Waals surface area (Å²) in [5.74, 6) is -1.32. The molecule has 0 aromatic carbocycles. The molecule has 0 aromatic heterocycles. The largest absolute Gasteiger partial charge is 0.369 e. The maximum atomic E-state index is 12.4. The maximum Gasteiger partial charge on any atom is 0.234 e. The molecule has 1 unspecified atom stereocenters. The molecule has 0 bridgehead atoms. The van der Waals surface area contributed by atoms with Gasteiger partial charge in [0.15, 0.2) is 0 Å². The summed E-state index contributed by atoms with van der Waals surface area (Å²) in [6, 6.07) is 0.